The van der Waals surface area contributed by atoms with Crippen LogP contribution in [-0.4, -0.2) is 37.5 Å². The number of hydrogen-bond acceptors (Lipinski definition) is 4. The monoisotopic (exact) mass is 440 g/mol. The third-order valence-electron chi connectivity index (χ3n) is 2.89. The van der Waals surface area contributed by atoms with Crippen molar-refractivity contribution in [3.63, 3.8) is 0 Å². The van der Waals surface area contributed by atoms with Gasteiger partial charge in [-0.1, -0.05) is 43.0 Å². The maximum Gasteiger partial charge on any atom is 0.643 e. The Morgan fingerprint density at radius 1 is 1.19 bits per heavy atom. The van der Waals surface area contributed by atoms with Gasteiger partial charge in [0, 0.05) is 6.08 Å². The number of carbonyl (C=O) groups is 2. The number of allylic oxidation sites excluding steroid dienone is 4. The van der Waals surface area contributed by atoms with Gasteiger partial charge in [0.2, 0.25) is 0 Å². The molecule has 1 aliphatic rings. The smallest absolute Gasteiger partial charge is 0.469 e. The highest BCUT2D eigenvalue weighted by Crippen LogP contribution is 2.23. The maximum atomic E-state index is 11.0. The lowest BCUT2D eigenvalue weighted by atomic mass is 9.90. The number of rotatable bonds is 3. The first kappa shape index (κ1) is 30.0. The predicted octanol–water partition coefficient (Wildman–Crippen LogP) is 5.69. The molecule has 8 heteroatoms. The Bertz CT molecular complexity index is 474. The number of halogens is 3. The zero-order chi connectivity index (χ0) is 21.1. The number of methoxy groups -OCH3 is 2. The van der Waals surface area contributed by atoms with Gasteiger partial charge in [0.1, 0.15) is 0 Å². The van der Waals surface area contributed by atoms with Crippen molar-refractivity contribution in [1.29, 1.82) is 0 Å². The molecular formula is C18H28AlCl3O4. The molecule has 0 spiro atoms. The van der Waals surface area contributed by atoms with Crippen LogP contribution in [0.3, 0.4) is 0 Å². The van der Waals surface area contributed by atoms with Crippen molar-refractivity contribution in [1.82, 2.24) is 0 Å². The average Bonchev–Trinajstić information content (AvgIpc) is 2.61. The van der Waals surface area contributed by atoms with E-state index in [1.165, 1.54) is 19.8 Å². The third-order valence-corrected chi connectivity index (χ3v) is 2.89. The lowest BCUT2D eigenvalue weighted by molar-refractivity contribution is -0.145. The molecule has 1 aliphatic carbocycles. The maximum absolute atomic E-state index is 11.0. The Balaban J connectivity index is -0.000000301. The fourth-order valence-electron chi connectivity index (χ4n) is 1.43. The van der Waals surface area contributed by atoms with Crippen LogP contribution < -0.4 is 0 Å². The first-order valence-electron chi connectivity index (χ1n) is 7.69. The second-order valence-corrected chi connectivity index (χ2v) is 11.5. The van der Waals surface area contributed by atoms with E-state index in [0.29, 0.717) is 0 Å². The standard InChI is InChI=1S/C9H14O2.C5H8.C4H6O2.Al.3ClH/c1-7-3-5-8(6-4-7)9(10)11-2;1-4-5(2)3;1-3-4(5)6-2;;;;/h3,8H,4-6H2,1-2H3;4H,1-2H2,3H3;3H,1H2,2H3;;3*1H/q;;;+3;;;/p-3. The molecule has 1 unspecified atom stereocenters. The Hall–Kier alpha value is -0.698. The lowest BCUT2D eigenvalue weighted by Crippen LogP contribution is -2.17. The summed E-state index contributed by atoms with van der Waals surface area (Å²) >= 11 is -1.72. The third kappa shape index (κ3) is 25.5. The van der Waals surface area contributed by atoms with E-state index in [-0.39, 0.29) is 11.9 Å². The summed E-state index contributed by atoms with van der Waals surface area (Å²) in [6.45, 7) is 14.2. The van der Waals surface area contributed by atoms with Gasteiger partial charge in [-0.2, -0.15) is 0 Å². The highest BCUT2D eigenvalue weighted by molar-refractivity contribution is 7.54. The van der Waals surface area contributed by atoms with Crippen LogP contribution in [0.1, 0.15) is 33.1 Å². The molecule has 0 aromatic heterocycles. The van der Waals surface area contributed by atoms with Gasteiger partial charge in [0.15, 0.2) is 0 Å². The van der Waals surface area contributed by atoms with Crippen molar-refractivity contribution < 1.29 is 19.1 Å². The molecule has 0 bridgehead atoms. The Morgan fingerprint density at radius 3 is 1.85 bits per heavy atom. The van der Waals surface area contributed by atoms with E-state index in [9.17, 15) is 9.59 Å². The molecule has 0 aromatic rings. The van der Waals surface area contributed by atoms with Gasteiger partial charge in [-0.3, -0.25) is 4.79 Å². The van der Waals surface area contributed by atoms with Gasteiger partial charge in [-0.25, -0.2) is 34.9 Å². The van der Waals surface area contributed by atoms with Gasteiger partial charge in [-0.05, 0) is 33.1 Å². The Morgan fingerprint density at radius 2 is 1.65 bits per heavy atom. The molecule has 0 saturated heterocycles. The molecule has 148 valence electrons. The summed E-state index contributed by atoms with van der Waals surface area (Å²) in [6.07, 6.45) is 7.82. The van der Waals surface area contributed by atoms with Crippen LogP contribution in [0.15, 0.2) is 49.1 Å². The van der Waals surface area contributed by atoms with Gasteiger partial charge < -0.3 is 9.47 Å². The molecule has 0 aliphatic heterocycles. The van der Waals surface area contributed by atoms with E-state index in [1.807, 2.05) is 6.92 Å². The number of hydrogen-bond donors (Lipinski definition) is 0. The minimum atomic E-state index is -1.72. The van der Waals surface area contributed by atoms with Crippen LogP contribution in [0, 0.1) is 5.92 Å². The van der Waals surface area contributed by atoms with Crippen molar-refractivity contribution in [2.75, 3.05) is 14.2 Å². The van der Waals surface area contributed by atoms with Crippen molar-refractivity contribution >= 4 is 53.5 Å². The molecular weight excluding hydrogens is 414 g/mol. The normalized spacial score (nSPS) is 14.1. The molecule has 26 heavy (non-hydrogen) atoms. The van der Waals surface area contributed by atoms with Gasteiger partial charge in [0.25, 0.3) is 0 Å². The SMILES string of the molecule is C=CC(=C)C.C=CC(=O)OC.COC(=O)C1CC=C(C)CC1.[Cl][Al]([Cl])[Cl]. The second-order valence-electron chi connectivity index (χ2n) is 5.07. The Kier molecular flexibility index (Phi) is 23.8. The highest BCUT2D eigenvalue weighted by Gasteiger charge is 2.20. The van der Waals surface area contributed by atoms with E-state index in [2.05, 4.69) is 42.2 Å². The number of carbonyl (C=O) groups excluding carboxylic acids is 2. The molecule has 0 amide bonds. The van der Waals surface area contributed by atoms with Crippen LogP contribution >= 0.6 is 30.1 Å². The molecule has 0 fully saturated rings. The van der Waals surface area contributed by atoms with E-state index < -0.39 is 17.4 Å². The highest BCUT2D eigenvalue weighted by atomic mass is 35.8. The summed E-state index contributed by atoms with van der Waals surface area (Å²) in [5.74, 6) is -0.340. The topological polar surface area (TPSA) is 52.6 Å². The molecule has 0 saturated carbocycles. The van der Waals surface area contributed by atoms with Crippen LogP contribution in [0.25, 0.3) is 0 Å². The fourth-order valence-corrected chi connectivity index (χ4v) is 1.43. The molecule has 0 N–H and O–H groups in total. The molecule has 1 rings (SSSR count). The van der Waals surface area contributed by atoms with Crippen LogP contribution in [0.4, 0.5) is 0 Å². The zero-order valence-corrected chi connectivity index (χ0v) is 19.3. The molecule has 1 atom stereocenters. The van der Waals surface area contributed by atoms with Crippen LogP contribution in [0.2, 0.25) is 0 Å². The minimum Gasteiger partial charge on any atom is -0.469 e. The first-order chi connectivity index (χ1) is 12.0. The van der Waals surface area contributed by atoms with Crippen molar-refractivity contribution in [2.45, 2.75) is 33.1 Å². The lowest BCUT2D eigenvalue weighted by Gasteiger charge is -2.17. The quantitative estimate of drug-likeness (QED) is 0.186. The molecule has 0 radical (unpaired) electrons. The summed E-state index contributed by atoms with van der Waals surface area (Å²) in [5.41, 5.74) is 2.41. The van der Waals surface area contributed by atoms with Crippen LogP contribution in [-0.2, 0) is 19.1 Å². The summed E-state index contributed by atoms with van der Waals surface area (Å²) < 4.78 is 8.80. The van der Waals surface area contributed by atoms with Crippen molar-refractivity contribution in [3.8, 4) is 0 Å². The molecule has 0 heterocycles. The Labute approximate surface area is 174 Å². The largest absolute Gasteiger partial charge is 0.643 e. The van der Waals surface area contributed by atoms with Crippen LogP contribution in [0.5, 0.6) is 0 Å². The summed E-state index contributed by atoms with van der Waals surface area (Å²) in [6, 6.07) is 0. The van der Waals surface area contributed by atoms with E-state index in [4.69, 9.17) is 30.1 Å². The van der Waals surface area contributed by atoms with Gasteiger partial charge >= 0.3 is 23.3 Å². The van der Waals surface area contributed by atoms with Crippen molar-refractivity contribution in [3.05, 3.63) is 49.1 Å². The zero-order valence-electron chi connectivity index (χ0n) is 15.9. The van der Waals surface area contributed by atoms with E-state index in [0.717, 1.165) is 30.9 Å². The van der Waals surface area contributed by atoms with Gasteiger partial charge in [0.05, 0.1) is 20.1 Å². The summed E-state index contributed by atoms with van der Waals surface area (Å²) in [7, 11) is 17.6. The minimum absolute atomic E-state index is 0.0613. The average molecular weight is 442 g/mol. The number of esters is 2. The van der Waals surface area contributed by atoms with E-state index in [1.54, 1.807) is 6.08 Å². The molecule has 4 nitrogen and oxygen atoms in total. The van der Waals surface area contributed by atoms with E-state index >= 15 is 0 Å². The van der Waals surface area contributed by atoms with Crippen molar-refractivity contribution in [2.24, 2.45) is 5.92 Å². The number of ether oxygens (including phenoxy) is 2. The fraction of sp³-hybridized carbons (Fsp3) is 0.444. The molecule has 0 aromatic carbocycles. The second kappa shape index (κ2) is 20.6. The summed E-state index contributed by atoms with van der Waals surface area (Å²) in [4.78, 5) is 20.9. The summed E-state index contributed by atoms with van der Waals surface area (Å²) in [5, 5.41) is 0. The van der Waals surface area contributed by atoms with Gasteiger partial charge in [-0.15, -0.1) is 0 Å². The first-order valence-corrected chi connectivity index (χ1v) is 12.9. The predicted molar refractivity (Wildman–Crippen MR) is 114 cm³/mol.